The zero-order valence-electron chi connectivity index (χ0n) is 16.1. The fraction of sp³-hybridized carbons (Fsp3) is 0.389. The minimum atomic E-state index is -1.03. The van der Waals surface area contributed by atoms with E-state index in [-0.39, 0.29) is 18.6 Å². The van der Waals surface area contributed by atoms with Crippen molar-refractivity contribution in [3.63, 3.8) is 0 Å². The van der Waals surface area contributed by atoms with Crippen LogP contribution in [-0.2, 0) is 19.0 Å². The average molecular weight is 422 g/mol. The summed E-state index contributed by atoms with van der Waals surface area (Å²) in [4.78, 5) is 24.7. The van der Waals surface area contributed by atoms with Crippen molar-refractivity contribution in [3.8, 4) is 11.7 Å². The van der Waals surface area contributed by atoms with Gasteiger partial charge in [-0.3, -0.25) is 0 Å². The van der Waals surface area contributed by atoms with E-state index in [0.29, 0.717) is 28.5 Å². The predicted octanol–water partition coefficient (Wildman–Crippen LogP) is 1.84. The van der Waals surface area contributed by atoms with Crippen LogP contribution >= 0.6 is 11.6 Å². The third kappa shape index (κ3) is 4.78. The van der Waals surface area contributed by atoms with Gasteiger partial charge in [0, 0.05) is 13.3 Å². The van der Waals surface area contributed by atoms with Crippen LogP contribution in [0.1, 0.15) is 6.92 Å². The van der Waals surface area contributed by atoms with E-state index in [4.69, 9.17) is 30.5 Å². The number of carbonyl (C=O) groups excluding carboxylic acids is 1. The molecular weight excluding hydrogens is 402 g/mol. The van der Waals surface area contributed by atoms with Crippen LogP contribution in [0.5, 0.6) is 5.88 Å². The van der Waals surface area contributed by atoms with Crippen LogP contribution < -0.4 is 4.74 Å². The van der Waals surface area contributed by atoms with E-state index in [1.165, 1.54) is 24.3 Å². The van der Waals surface area contributed by atoms with Gasteiger partial charge >= 0.3 is 5.97 Å². The molecular formula is C18H20ClN5O5. The van der Waals surface area contributed by atoms with Gasteiger partial charge in [-0.2, -0.15) is 9.78 Å². The third-order valence-corrected chi connectivity index (χ3v) is 4.22. The van der Waals surface area contributed by atoms with Crippen molar-refractivity contribution in [3.05, 3.63) is 35.9 Å². The molecule has 0 spiro atoms. The number of hydrogen-bond acceptors (Lipinski definition) is 9. The lowest BCUT2D eigenvalue weighted by molar-refractivity contribution is -0.153. The van der Waals surface area contributed by atoms with Crippen molar-refractivity contribution < 1.29 is 23.7 Å². The fourth-order valence-electron chi connectivity index (χ4n) is 2.56. The molecule has 0 bridgehead atoms. The molecule has 2 atom stereocenters. The summed E-state index contributed by atoms with van der Waals surface area (Å²) in [5.74, 6) is -0.0247. The molecule has 0 saturated heterocycles. The van der Waals surface area contributed by atoms with Crippen LogP contribution in [0, 0.1) is 0 Å². The molecule has 3 aromatic rings. The summed E-state index contributed by atoms with van der Waals surface area (Å²) in [5, 5.41) is 5.17. The van der Waals surface area contributed by atoms with Gasteiger partial charge in [-0.1, -0.05) is 11.6 Å². The summed E-state index contributed by atoms with van der Waals surface area (Å²) in [5.41, 5.74) is 0.424. The number of nitrogens with zero attached hydrogens (tertiary/aromatic N) is 5. The Morgan fingerprint density at radius 2 is 2.07 bits per heavy atom. The molecule has 29 heavy (non-hydrogen) atoms. The molecule has 3 rings (SSSR count). The van der Waals surface area contributed by atoms with E-state index in [2.05, 4.69) is 20.1 Å². The van der Waals surface area contributed by atoms with Crippen molar-refractivity contribution in [1.29, 1.82) is 0 Å². The number of pyridine rings is 1. The highest BCUT2D eigenvalue weighted by molar-refractivity contribution is 6.32. The maximum absolute atomic E-state index is 12.1. The topological polar surface area (TPSA) is 110 Å². The first kappa shape index (κ1) is 20.9. The Hall–Kier alpha value is -2.82. The smallest absolute Gasteiger partial charge is 0.349 e. The Labute approximate surface area is 171 Å². The Morgan fingerprint density at radius 3 is 2.79 bits per heavy atom. The molecule has 0 radical (unpaired) electrons. The highest BCUT2D eigenvalue weighted by atomic mass is 35.5. The number of ether oxygens (including phenoxy) is 4. The number of esters is 1. The van der Waals surface area contributed by atoms with Gasteiger partial charge in [0.15, 0.2) is 11.5 Å². The molecule has 0 saturated carbocycles. The summed E-state index contributed by atoms with van der Waals surface area (Å²) >= 11 is 6.21. The van der Waals surface area contributed by atoms with Crippen molar-refractivity contribution in [2.45, 2.75) is 19.1 Å². The van der Waals surface area contributed by atoms with Gasteiger partial charge in [0.1, 0.15) is 11.7 Å². The van der Waals surface area contributed by atoms with Gasteiger partial charge in [0.2, 0.25) is 12.0 Å². The minimum absolute atomic E-state index is 0.0388. The normalized spacial score (nSPS) is 13.2. The molecule has 0 aliphatic heterocycles. The molecule has 11 heteroatoms. The van der Waals surface area contributed by atoms with E-state index >= 15 is 0 Å². The Bertz CT molecular complexity index is 982. The molecule has 0 aliphatic carbocycles. The second-order valence-corrected chi connectivity index (χ2v) is 6.42. The fourth-order valence-corrected chi connectivity index (χ4v) is 2.76. The average Bonchev–Trinajstić information content (AvgIpc) is 3.16. The van der Waals surface area contributed by atoms with Crippen LogP contribution in [0.2, 0.25) is 5.02 Å². The van der Waals surface area contributed by atoms with Gasteiger partial charge in [-0.25, -0.2) is 19.7 Å². The van der Waals surface area contributed by atoms with Gasteiger partial charge in [0.05, 0.1) is 37.6 Å². The lowest BCUT2D eigenvalue weighted by atomic mass is 10.3. The molecule has 10 nitrogen and oxygen atoms in total. The van der Waals surface area contributed by atoms with E-state index in [1.54, 1.807) is 25.4 Å². The zero-order valence-corrected chi connectivity index (χ0v) is 16.9. The van der Waals surface area contributed by atoms with Crippen LogP contribution in [-0.4, -0.2) is 70.3 Å². The first-order valence-electron chi connectivity index (χ1n) is 8.69. The van der Waals surface area contributed by atoms with Crippen molar-refractivity contribution in [2.75, 3.05) is 27.4 Å². The van der Waals surface area contributed by atoms with Gasteiger partial charge in [-0.15, -0.1) is 0 Å². The lowest BCUT2D eigenvalue weighted by Crippen LogP contribution is -2.35. The largest absolute Gasteiger partial charge is 0.466 e. The lowest BCUT2D eigenvalue weighted by Gasteiger charge is -2.19. The molecule has 0 amide bonds. The highest BCUT2D eigenvalue weighted by Gasteiger charge is 2.25. The van der Waals surface area contributed by atoms with E-state index in [0.717, 1.165) is 0 Å². The summed E-state index contributed by atoms with van der Waals surface area (Å²) < 4.78 is 22.7. The summed E-state index contributed by atoms with van der Waals surface area (Å²) in [6.07, 6.45) is 3.15. The SMILES string of the molecule is COCC(C)OCC(Oc1ncnc2c1cnn2-c1ncccc1Cl)C(=O)OC. The van der Waals surface area contributed by atoms with Crippen LogP contribution in [0.3, 0.4) is 0 Å². The third-order valence-electron chi connectivity index (χ3n) is 3.92. The number of rotatable bonds is 9. The van der Waals surface area contributed by atoms with Crippen LogP contribution in [0.4, 0.5) is 0 Å². The first-order valence-corrected chi connectivity index (χ1v) is 9.07. The number of hydrogen-bond donors (Lipinski definition) is 0. The Morgan fingerprint density at radius 1 is 1.24 bits per heavy atom. The predicted molar refractivity (Wildman–Crippen MR) is 103 cm³/mol. The second-order valence-electron chi connectivity index (χ2n) is 6.01. The molecule has 0 aromatic carbocycles. The van der Waals surface area contributed by atoms with E-state index < -0.39 is 12.1 Å². The second kappa shape index (κ2) is 9.59. The molecule has 154 valence electrons. The molecule has 0 aliphatic rings. The Kier molecular flexibility index (Phi) is 6.91. The van der Waals surface area contributed by atoms with Crippen molar-refractivity contribution >= 4 is 28.6 Å². The number of fused-ring (bicyclic) bond motifs is 1. The van der Waals surface area contributed by atoms with Crippen LogP contribution in [0.25, 0.3) is 16.9 Å². The quantitative estimate of drug-likeness (QED) is 0.477. The van der Waals surface area contributed by atoms with Gasteiger partial charge < -0.3 is 18.9 Å². The highest BCUT2D eigenvalue weighted by Crippen LogP contribution is 2.26. The molecule has 3 heterocycles. The zero-order chi connectivity index (χ0) is 20.8. The maximum atomic E-state index is 12.1. The Balaban J connectivity index is 1.88. The van der Waals surface area contributed by atoms with E-state index in [1.807, 2.05) is 6.92 Å². The summed E-state index contributed by atoms with van der Waals surface area (Å²) in [7, 11) is 2.84. The molecule has 2 unspecified atom stereocenters. The summed E-state index contributed by atoms with van der Waals surface area (Å²) in [6, 6.07) is 3.41. The number of halogens is 1. The van der Waals surface area contributed by atoms with Gasteiger partial charge in [0.25, 0.3) is 0 Å². The summed E-state index contributed by atoms with van der Waals surface area (Å²) in [6.45, 7) is 2.16. The minimum Gasteiger partial charge on any atom is -0.466 e. The first-order chi connectivity index (χ1) is 14.0. The number of methoxy groups -OCH3 is 2. The maximum Gasteiger partial charge on any atom is 0.349 e. The molecule has 0 fully saturated rings. The number of carbonyl (C=O) groups is 1. The monoisotopic (exact) mass is 421 g/mol. The van der Waals surface area contributed by atoms with Crippen molar-refractivity contribution in [1.82, 2.24) is 24.7 Å². The standard InChI is InChI=1S/C18H20ClN5O5/c1-11(8-26-2)28-9-14(18(25)27-3)29-17-12-7-23-24(15(12)21-10-22-17)16-13(19)5-4-6-20-16/h4-7,10-11,14H,8-9H2,1-3H3. The number of aromatic nitrogens is 5. The molecule has 0 N–H and O–H groups in total. The van der Waals surface area contributed by atoms with E-state index in [9.17, 15) is 4.79 Å². The molecule has 3 aromatic heterocycles. The van der Waals surface area contributed by atoms with Gasteiger partial charge in [-0.05, 0) is 19.1 Å². The van der Waals surface area contributed by atoms with Crippen molar-refractivity contribution in [2.24, 2.45) is 0 Å². The van der Waals surface area contributed by atoms with Crippen LogP contribution in [0.15, 0.2) is 30.9 Å².